The summed E-state index contributed by atoms with van der Waals surface area (Å²) in [5.74, 6) is 0.635. The van der Waals surface area contributed by atoms with Gasteiger partial charge >= 0.3 is 0 Å². The number of rotatable bonds is 3. The lowest BCUT2D eigenvalue weighted by Gasteiger charge is -2.36. The SMILES string of the molecule is CCC1NNC2CCN(C(=O)Cc3noc4ccccc34)CC12. The molecule has 122 valence electrons. The lowest BCUT2D eigenvalue weighted by Crippen LogP contribution is -2.49. The number of carbonyl (C=O) groups is 1. The van der Waals surface area contributed by atoms with Crippen LogP contribution in [0.25, 0.3) is 11.0 Å². The van der Waals surface area contributed by atoms with Crippen LogP contribution >= 0.6 is 0 Å². The van der Waals surface area contributed by atoms with Gasteiger partial charge in [0, 0.05) is 36.5 Å². The summed E-state index contributed by atoms with van der Waals surface area (Å²) in [7, 11) is 0. The van der Waals surface area contributed by atoms with Crippen molar-refractivity contribution in [2.45, 2.75) is 38.3 Å². The second-order valence-electron chi connectivity index (χ2n) is 6.50. The molecule has 1 aromatic carbocycles. The molecule has 0 bridgehead atoms. The lowest BCUT2D eigenvalue weighted by molar-refractivity contribution is -0.132. The number of piperidine rings is 1. The van der Waals surface area contributed by atoms with E-state index in [-0.39, 0.29) is 5.91 Å². The number of para-hydroxylation sites is 1. The van der Waals surface area contributed by atoms with Crippen LogP contribution in [0, 0.1) is 5.92 Å². The highest BCUT2D eigenvalue weighted by molar-refractivity contribution is 5.86. The van der Waals surface area contributed by atoms with E-state index in [0.29, 0.717) is 24.4 Å². The molecule has 2 aliphatic heterocycles. The number of nitrogens with one attached hydrogen (secondary N) is 2. The Morgan fingerprint density at radius 3 is 3.13 bits per heavy atom. The Labute approximate surface area is 135 Å². The van der Waals surface area contributed by atoms with E-state index in [2.05, 4.69) is 22.9 Å². The number of carbonyl (C=O) groups excluding carboxylic acids is 1. The van der Waals surface area contributed by atoms with E-state index in [1.807, 2.05) is 29.2 Å². The number of benzene rings is 1. The number of hydrogen-bond acceptors (Lipinski definition) is 5. The average molecular weight is 314 g/mol. The van der Waals surface area contributed by atoms with Crippen LogP contribution in [0.3, 0.4) is 0 Å². The van der Waals surface area contributed by atoms with E-state index in [1.54, 1.807) is 0 Å². The molecule has 2 saturated heterocycles. The van der Waals surface area contributed by atoms with Crippen LogP contribution in [0.2, 0.25) is 0 Å². The number of likely N-dealkylation sites (tertiary alicyclic amines) is 1. The first kappa shape index (κ1) is 14.7. The first-order valence-electron chi connectivity index (χ1n) is 8.38. The zero-order chi connectivity index (χ0) is 15.8. The van der Waals surface area contributed by atoms with Crippen molar-refractivity contribution in [1.29, 1.82) is 0 Å². The zero-order valence-electron chi connectivity index (χ0n) is 13.3. The van der Waals surface area contributed by atoms with Gasteiger partial charge in [0.05, 0.1) is 6.42 Å². The summed E-state index contributed by atoms with van der Waals surface area (Å²) in [6.07, 6.45) is 2.38. The van der Waals surface area contributed by atoms with Gasteiger partial charge in [0.2, 0.25) is 5.91 Å². The second-order valence-corrected chi connectivity index (χ2v) is 6.50. The van der Waals surface area contributed by atoms with Crippen molar-refractivity contribution in [2.75, 3.05) is 13.1 Å². The highest BCUT2D eigenvalue weighted by Gasteiger charge is 2.40. The molecular formula is C17H22N4O2. The lowest BCUT2D eigenvalue weighted by atomic mass is 9.87. The Morgan fingerprint density at radius 1 is 1.39 bits per heavy atom. The van der Waals surface area contributed by atoms with E-state index in [4.69, 9.17) is 4.52 Å². The van der Waals surface area contributed by atoms with E-state index in [0.717, 1.165) is 42.6 Å². The molecule has 2 aliphatic rings. The third kappa shape index (κ3) is 2.62. The molecule has 1 amide bonds. The van der Waals surface area contributed by atoms with E-state index < -0.39 is 0 Å². The third-order valence-electron chi connectivity index (χ3n) is 5.19. The number of hydrogen-bond donors (Lipinski definition) is 2. The Kier molecular flexibility index (Phi) is 3.79. The topological polar surface area (TPSA) is 70.4 Å². The Balaban J connectivity index is 1.47. The summed E-state index contributed by atoms with van der Waals surface area (Å²) in [6, 6.07) is 8.62. The van der Waals surface area contributed by atoms with Gasteiger partial charge in [-0.25, -0.2) is 0 Å². The Bertz CT molecular complexity index is 707. The molecule has 0 aliphatic carbocycles. The zero-order valence-corrected chi connectivity index (χ0v) is 13.3. The molecule has 6 heteroatoms. The van der Waals surface area contributed by atoms with Gasteiger partial charge in [-0.2, -0.15) is 0 Å². The van der Waals surface area contributed by atoms with Gasteiger partial charge in [0.1, 0.15) is 5.69 Å². The molecular weight excluding hydrogens is 292 g/mol. The molecule has 3 atom stereocenters. The van der Waals surface area contributed by atoms with Gasteiger partial charge in [-0.05, 0) is 25.0 Å². The van der Waals surface area contributed by atoms with E-state index in [1.165, 1.54) is 0 Å². The maximum absolute atomic E-state index is 12.7. The largest absolute Gasteiger partial charge is 0.356 e. The van der Waals surface area contributed by atoms with Crippen LogP contribution in [0.4, 0.5) is 0 Å². The molecule has 0 radical (unpaired) electrons. The molecule has 3 unspecified atom stereocenters. The summed E-state index contributed by atoms with van der Waals surface area (Å²) in [5.41, 5.74) is 8.21. The molecule has 2 aromatic rings. The van der Waals surface area contributed by atoms with Gasteiger partial charge in [-0.15, -0.1) is 0 Å². The summed E-state index contributed by atoms with van der Waals surface area (Å²) in [6.45, 7) is 3.81. The summed E-state index contributed by atoms with van der Waals surface area (Å²) < 4.78 is 5.30. The van der Waals surface area contributed by atoms with Crippen molar-refractivity contribution in [3.8, 4) is 0 Å². The fourth-order valence-corrected chi connectivity index (χ4v) is 3.84. The van der Waals surface area contributed by atoms with Crippen LogP contribution in [-0.2, 0) is 11.2 Å². The van der Waals surface area contributed by atoms with Gasteiger partial charge < -0.3 is 9.42 Å². The maximum atomic E-state index is 12.7. The molecule has 0 spiro atoms. The van der Waals surface area contributed by atoms with Crippen molar-refractivity contribution in [1.82, 2.24) is 20.9 Å². The summed E-state index contributed by atoms with van der Waals surface area (Å²) in [5, 5.41) is 5.02. The van der Waals surface area contributed by atoms with Crippen molar-refractivity contribution in [3.05, 3.63) is 30.0 Å². The summed E-state index contributed by atoms with van der Waals surface area (Å²) >= 11 is 0. The minimum Gasteiger partial charge on any atom is -0.356 e. The van der Waals surface area contributed by atoms with Gasteiger partial charge in [0.15, 0.2) is 5.58 Å². The smallest absolute Gasteiger partial charge is 0.228 e. The van der Waals surface area contributed by atoms with E-state index >= 15 is 0 Å². The predicted octanol–water partition coefficient (Wildman–Crippen LogP) is 1.47. The van der Waals surface area contributed by atoms with Crippen molar-refractivity contribution in [2.24, 2.45) is 5.92 Å². The van der Waals surface area contributed by atoms with Gasteiger partial charge in [-0.3, -0.25) is 15.6 Å². The molecule has 6 nitrogen and oxygen atoms in total. The molecule has 4 rings (SSSR count). The van der Waals surface area contributed by atoms with Crippen LogP contribution in [-0.4, -0.2) is 41.1 Å². The number of fused-ring (bicyclic) bond motifs is 2. The van der Waals surface area contributed by atoms with Crippen molar-refractivity contribution < 1.29 is 9.32 Å². The predicted molar refractivity (Wildman–Crippen MR) is 86.5 cm³/mol. The molecule has 0 saturated carbocycles. The quantitative estimate of drug-likeness (QED) is 0.898. The Hall–Kier alpha value is -1.92. The number of aromatic nitrogens is 1. The average Bonchev–Trinajstić information content (AvgIpc) is 3.18. The third-order valence-corrected chi connectivity index (χ3v) is 5.19. The Morgan fingerprint density at radius 2 is 2.26 bits per heavy atom. The molecule has 1 aromatic heterocycles. The minimum atomic E-state index is 0.143. The van der Waals surface area contributed by atoms with Gasteiger partial charge in [0.25, 0.3) is 0 Å². The molecule has 3 heterocycles. The fraction of sp³-hybridized carbons (Fsp3) is 0.529. The second kappa shape index (κ2) is 5.94. The van der Waals surface area contributed by atoms with Crippen LogP contribution in [0.15, 0.2) is 28.8 Å². The first-order chi connectivity index (χ1) is 11.3. The van der Waals surface area contributed by atoms with E-state index in [9.17, 15) is 4.79 Å². The van der Waals surface area contributed by atoms with Crippen molar-refractivity contribution in [3.63, 3.8) is 0 Å². The first-order valence-corrected chi connectivity index (χ1v) is 8.38. The highest BCUT2D eigenvalue weighted by Crippen LogP contribution is 2.26. The monoisotopic (exact) mass is 314 g/mol. The fourth-order valence-electron chi connectivity index (χ4n) is 3.84. The van der Waals surface area contributed by atoms with Crippen LogP contribution in [0.5, 0.6) is 0 Å². The molecule has 2 N–H and O–H groups in total. The van der Waals surface area contributed by atoms with Gasteiger partial charge in [-0.1, -0.05) is 24.2 Å². The van der Waals surface area contributed by atoms with Crippen molar-refractivity contribution >= 4 is 16.9 Å². The van der Waals surface area contributed by atoms with Crippen LogP contribution in [0.1, 0.15) is 25.5 Å². The maximum Gasteiger partial charge on any atom is 0.228 e. The molecule has 2 fully saturated rings. The summed E-state index contributed by atoms with van der Waals surface area (Å²) in [4.78, 5) is 14.7. The normalized spacial score (nSPS) is 27.3. The minimum absolute atomic E-state index is 0.143. The highest BCUT2D eigenvalue weighted by atomic mass is 16.5. The number of nitrogens with zero attached hydrogens (tertiary/aromatic N) is 2. The molecule has 23 heavy (non-hydrogen) atoms. The standard InChI is InChI=1S/C17H22N4O2/c1-2-13-12-10-21(8-7-14(12)19-18-13)17(22)9-15-11-5-3-4-6-16(11)23-20-15/h3-6,12-14,18-19H,2,7-10H2,1H3. The number of hydrazine groups is 1. The number of amides is 1. The van der Waals surface area contributed by atoms with Crippen LogP contribution < -0.4 is 10.9 Å².